The molecule has 0 unspecified atom stereocenters. The number of aliphatic hydroxyl groups is 2. The van der Waals surface area contributed by atoms with E-state index in [2.05, 4.69) is 11.3 Å². The first-order valence-corrected chi connectivity index (χ1v) is 2.82. The molecule has 58 valence electrons. The van der Waals surface area contributed by atoms with Crippen LogP contribution in [0.2, 0.25) is 0 Å². The fraction of sp³-hybridized carbons (Fsp3) is 0.500. The molecule has 0 aliphatic rings. The predicted octanol–water partition coefficient (Wildman–Crippen LogP) is -0.236. The minimum atomic E-state index is -2.36. The van der Waals surface area contributed by atoms with Crippen LogP contribution in [0.3, 0.4) is 0 Å². The van der Waals surface area contributed by atoms with Gasteiger partial charge in [0, 0.05) is 12.5 Å². The third-order valence-electron chi connectivity index (χ3n) is 0.891. The van der Waals surface area contributed by atoms with Crippen LogP contribution in [0.25, 0.3) is 0 Å². The van der Waals surface area contributed by atoms with Crippen LogP contribution in [0.4, 0.5) is 0 Å². The topological polar surface area (TPSA) is 66.8 Å². The third-order valence-corrected chi connectivity index (χ3v) is 0.891. The molecule has 0 atom stereocenters. The molecule has 10 heavy (non-hydrogen) atoms. The van der Waals surface area contributed by atoms with E-state index in [1.165, 1.54) is 6.92 Å². The highest BCUT2D eigenvalue weighted by molar-refractivity contribution is 5.81. The largest absolute Gasteiger partial charge is 0.405 e. The van der Waals surface area contributed by atoms with Gasteiger partial charge in [-0.3, -0.25) is 0 Å². The Kier molecular flexibility index (Phi) is 3.05. The summed E-state index contributed by atoms with van der Waals surface area (Å²) in [5, 5.41) is 17.4. The summed E-state index contributed by atoms with van der Waals surface area (Å²) >= 11 is 0. The summed E-state index contributed by atoms with van der Waals surface area (Å²) < 4.78 is 4.09. The van der Waals surface area contributed by atoms with Gasteiger partial charge in [-0.05, 0) is 0 Å². The SMILES string of the molecule is C=CC(=O)OC(O)(O)CC. The van der Waals surface area contributed by atoms with Gasteiger partial charge in [-0.2, -0.15) is 0 Å². The van der Waals surface area contributed by atoms with Crippen molar-refractivity contribution in [2.24, 2.45) is 0 Å². The van der Waals surface area contributed by atoms with Gasteiger partial charge in [0.2, 0.25) is 0 Å². The van der Waals surface area contributed by atoms with E-state index in [1.807, 2.05) is 0 Å². The van der Waals surface area contributed by atoms with Crippen LogP contribution in [0.1, 0.15) is 13.3 Å². The maximum Gasteiger partial charge on any atom is 0.334 e. The van der Waals surface area contributed by atoms with Crippen molar-refractivity contribution in [2.75, 3.05) is 0 Å². The van der Waals surface area contributed by atoms with Crippen LogP contribution in [-0.4, -0.2) is 22.2 Å². The average Bonchev–Trinajstić information content (AvgIpc) is 1.87. The molecule has 0 aromatic heterocycles. The zero-order valence-electron chi connectivity index (χ0n) is 5.70. The summed E-state index contributed by atoms with van der Waals surface area (Å²) in [6.07, 6.45) is 0.781. The highest BCUT2D eigenvalue weighted by Crippen LogP contribution is 2.06. The van der Waals surface area contributed by atoms with E-state index in [0.717, 1.165) is 6.08 Å². The van der Waals surface area contributed by atoms with Gasteiger partial charge in [-0.1, -0.05) is 13.5 Å². The van der Waals surface area contributed by atoms with Crippen molar-refractivity contribution < 1.29 is 19.7 Å². The minimum absolute atomic E-state index is 0.0768. The molecule has 4 nitrogen and oxygen atoms in total. The summed E-state index contributed by atoms with van der Waals surface area (Å²) in [7, 11) is 0. The predicted molar refractivity (Wildman–Crippen MR) is 33.7 cm³/mol. The Morgan fingerprint density at radius 3 is 2.60 bits per heavy atom. The summed E-state index contributed by atoms with van der Waals surface area (Å²) in [6, 6.07) is 0. The number of ether oxygens (including phenoxy) is 1. The lowest BCUT2D eigenvalue weighted by molar-refractivity contribution is -0.317. The van der Waals surface area contributed by atoms with Gasteiger partial charge in [0.1, 0.15) is 0 Å². The van der Waals surface area contributed by atoms with E-state index in [9.17, 15) is 4.79 Å². The number of rotatable bonds is 3. The van der Waals surface area contributed by atoms with E-state index >= 15 is 0 Å². The first-order chi connectivity index (χ1) is 4.52. The van der Waals surface area contributed by atoms with Crippen molar-refractivity contribution in [3.05, 3.63) is 12.7 Å². The molecular weight excluding hydrogens is 136 g/mol. The Morgan fingerprint density at radius 2 is 2.30 bits per heavy atom. The third kappa shape index (κ3) is 3.21. The zero-order chi connectivity index (χ0) is 8.20. The molecule has 0 fully saturated rings. The Bertz CT molecular complexity index is 139. The fourth-order valence-electron chi connectivity index (χ4n) is 0.275. The number of hydrogen-bond acceptors (Lipinski definition) is 4. The van der Waals surface area contributed by atoms with Crippen molar-refractivity contribution in [3.63, 3.8) is 0 Å². The Morgan fingerprint density at radius 1 is 1.80 bits per heavy atom. The first kappa shape index (κ1) is 9.13. The smallest absolute Gasteiger partial charge is 0.334 e. The van der Waals surface area contributed by atoms with Gasteiger partial charge < -0.3 is 14.9 Å². The summed E-state index contributed by atoms with van der Waals surface area (Å²) in [5.41, 5.74) is 0. The first-order valence-electron chi connectivity index (χ1n) is 2.82. The highest BCUT2D eigenvalue weighted by Gasteiger charge is 2.23. The van der Waals surface area contributed by atoms with Crippen molar-refractivity contribution in [3.8, 4) is 0 Å². The Balaban J connectivity index is 3.87. The lowest BCUT2D eigenvalue weighted by Gasteiger charge is -2.17. The van der Waals surface area contributed by atoms with Crippen LogP contribution >= 0.6 is 0 Å². The Labute approximate surface area is 58.7 Å². The van der Waals surface area contributed by atoms with E-state index in [0.29, 0.717) is 0 Å². The lowest BCUT2D eigenvalue weighted by atomic mass is 10.4. The summed E-state index contributed by atoms with van der Waals surface area (Å²) in [6.45, 7) is 4.55. The maximum atomic E-state index is 10.3. The van der Waals surface area contributed by atoms with Crippen molar-refractivity contribution >= 4 is 5.97 Å². The van der Waals surface area contributed by atoms with Gasteiger partial charge in [-0.15, -0.1) is 0 Å². The standard InChI is InChI=1S/C6H10O4/c1-3-5(7)10-6(8,9)4-2/h3,8-9H,1,4H2,2H3. The normalized spacial score (nSPS) is 10.7. The molecule has 0 aliphatic carbocycles. The van der Waals surface area contributed by atoms with E-state index in [1.54, 1.807) is 0 Å². The maximum absolute atomic E-state index is 10.3. The second-order valence-electron chi connectivity index (χ2n) is 1.72. The zero-order valence-corrected chi connectivity index (χ0v) is 5.70. The molecule has 0 aromatic carbocycles. The van der Waals surface area contributed by atoms with Gasteiger partial charge >= 0.3 is 11.9 Å². The number of carbonyl (C=O) groups excluding carboxylic acids is 1. The number of carbonyl (C=O) groups is 1. The van der Waals surface area contributed by atoms with Gasteiger partial charge in [0.05, 0.1) is 0 Å². The van der Waals surface area contributed by atoms with E-state index in [4.69, 9.17) is 10.2 Å². The van der Waals surface area contributed by atoms with Gasteiger partial charge in [0.15, 0.2) is 0 Å². The second-order valence-corrected chi connectivity index (χ2v) is 1.72. The van der Waals surface area contributed by atoms with Crippen LogP contribution in [0.5, 0.6) is 0 Å². The number of hydrogen-bond donors (Lipinski definition) is 2. The van der Waals surface area contributed by atoms with E-state index in [-0.39, 0.29) is 6.42 Å². The fourth-order valence-corrected chi connectivity index (χ4v) is 0.275. The van der Waals surface area contributed by atoms with Crippen molar-refractivity contribution in [1.82, 2.24) is 0 Å². The molecule has 0 radical (unpaired) electrons. The molecular formula is C6H10O4. The molecule has 0 rings (SSSR count). The van der Waals surface area contributed by atoms with Crippen LogP contribution in [-0.2, 0) is 9.53 Å². The highest BCUT2D eigenvalue weighted by atomic mass is 16.8. The molecule has 0 saturated carbocycles. The summed E-state index contributed by atoms with van der Waals surface area (Å²) in [5.74, 6) is -3.21. The van der Waals surface area contributed by atoms with Crippen molar-refractivity contribution in [2.45, 2.75) is 19.3 Å². The van der Waals surface area contributed by atoms with E-state index < -0.39 is 11.9 Å². The molecule has 2 N–H and O–H groups in total. The van der Waals surface area contributed by atoms with Crippen LogP contribution < -0.4 is 0 Å². The lowest BCUT2D eigenvalue weighted by Crippen LogP contribution is -2.32. The van der Waals surface area contributed by atoms with Gasteiger partial charge in [0.25, 0.3) is 0 Å². The molecule has 0 aromatic rings. The summed E-state index contributed by atoms with van der Waals surface area (Å²) in [4.78, 5) is 10.3. The van der Waals surface area contributed by atoms with Crippen LogP contribution in [0.15, 0.2) is 12.7 Å². The second kappa shape index (κ2) is 3.34. The number of esters is 1. The molecule has 0 bridgehead atoms. The molecule has 0 aliphatic heterocycles. The van der Waals surface area contributed by atoms with Crippen LogP contribution in [0, 0.1) is 0 Å². The Hall–Kier alpha value is -0.870. The minimum Gasteiger partial charge on any atom is -0.405 e. The molecule has 0 spiro atoms. The van der Waals surface area contributed by atoms with Crippen molar-refractivity contribution in [1.29, 1.82) is 0 Å². The molecule has 4 heteroatoms. The monoisotopic (exact) mass is 146 g/mol. The molecule has 0 heterocycles. The average molecular weight is 146 g/mol. The quantitative estimate of drug-likeness (QED) is 0.327. The van der Waals surface area contributed by atoms with Gasteiger partial charge in [-0.25, -0.2) is 4.79 Å². The molecule has 0 amide bonds. The molecule has 0 saturated heterocycles.